The Morgan fingerprint density at radius 1 is 1.09 bits per heavy atom. The number of sulfonamides is 2. The van der Waals surface area contributed by atoms with Crippen LogP contribution in [0.15, 0.2) is 52.3 Å². The van der Waals surface area contributed by atoms with Crippen molar-refractivity contribution in [1.82, 2.24) is 13.9 Å². The number of benzene rings is 2. The molecule has 0 bridgehead atoms. The molecule has 1 N–H and O–H groups in total. The normalized spacial score (nSPS) is 17.5. The Hall–Kier alpha value is -2.47. The van der Waals surface area contributed by atoms with Gasteiger partial charge in [-0.25, -0.2) is 21.1 Å². The van der Waals surface area contributed by atoms with Crippen LogP contribution < -0.4 is 10.1 Å². The molecule has 1 fully saturated rings. The number of carbonyl (C=O) groups is 1. The number of nitrogens with one attached hydrogen (secondary N) is 1. The second-order valence-electron chi connectivity index (χ2n) is 8.48. The summed E-state index contributed by atoms with van der Waals surface area (Å²) in [5.41, 5.74) is 1.47. The maximum Gasteiger partial charge on any atom is 0.243 e. The minimum absolute atomic E-state index is 0.110. The predicted octanol–water partition coefficient (Wildman–Crippen LogP) is 1.97. The van der Waals surface area contributed by atoms with E-state index in [1.807, 2.05) is 0 Å². The van der Waals surface area contributed by atoms with E-state index in [2.05, 4.69) is 5.32 Å². The molecule has 1 unspecified atom stereocenters. The summed E-state index contributed by atoms with van der Waals surface area (Å²) in [6.07, 6.45) is 1.18. The van der Waals surface area contributed by atoms with Crippen LogP contribution in [0.4, 0.5) is 0 Å². The SMILES string of the molecule is COc1ccc(S(=O)(=O)N2CCCC(C(=O)NCc3ccc(S(=O)(=O)N(C)C)cc3)C2)cc1C. The van der Waals surface area contributed by atoms with Gasteiger partial charge in [0.25, 0.3) is 0 Å². The third-order valence-electron chi connectivity index (χ3n) is 5.93. The van der Waals surface area contributed by atoms with Gasteiger partial charge in [0.2, 0.25) is 26.0 Å². The van der Waals surface area contributed by atoms with Crippen molar-refractivity contribution in [3.8, 4) is 5.75 Å². The van der Waals surface area contributed by atoms with Gasteiger partial charge >= 0.3 is 0 Å². The lowest BCUT2D eigenvalue weighted by Crippen LogP contribution is -2.45. The van der Waals surface area contributed by atoms with Crippen molar-refractivity contribution in [3.63, 3.8) is 0 Å². The van der Waals surface area contributed by atoms with Crippen molar-refractivity contribution in [2.24, 2.45) is 5.92 Å². The zero-order valence-electron chi connectivity index (χ0n) is 19.8. The molecule has 0 aromatic heterocycles. The Morgan fingerprint density at radius 3 is 2.32 bits per heavy atom. The molecule has 2 aromatic rings. The summed E-state index contributed by atoms with van der Waals surface area (Å²) in [5.74, 6) is -0.0748. The Bertz CT molecular complexity index is 1240. The van der Waals surface area contributed by atoms with Gasteiger partial charge < -0.3 is 10.1 Å². The van der Waals surface area contributed by atoms with Gasteiger partial charge in [-0.15, -0.1) is 0 Å². The molecular weight excluding hydrogens is 478 g/mol. The molecule has 3 rings (SSSR count). The summed E-state index contributed by atoms with van der Waals surface area (Å²) in [6.45, 7) is 2.48. The smallest absolute Gasteiger partial charge is 0.243 e. The summed E-state index contributed by atoms with van der Waals surface area (Å²) in [4.78, 5) is 13.1. The zero-order valence-corrected chi connectivity index (χ0v) is 21.4. The first-order valence-electron chi connectivity index (χ1n) is 10.9. The molecule has 11 heteroatoms. The highest BCUT2D eigenvalue weighted by molar-refractivity contribution is 7.89. The van der Waals surface area contributed by atoms with Crippen LogP contribution in [-0.4, -0.2) is 65.6 Å². The molecule has 1 aliphatic rings. The van der Waals surface area contributed by atoms with Crippen LogP contribution in [0.2, 0.25) is 0 Å². The van der Waals surface area contributed by atoms with Crippen molar-refractivity contribution >= 4 is 26.0 Å². The molecule has 1 aliphatic heterocycles. The van der Waals surface area contributed by atoms with E-state index in [0.29, 0.717) is 25.1 Å². The highest BCUT2D eigenvalue weighted by atomic mass is 32.2. The topological polar surface area (TPSA) is 113 Å². The van der Waals surface area contributed by atoms with Crippen molar-refractivity contribution in [3.05, 3.63) is 53.6 Å². The molecule has 186 valence electrons. The average Bonchev–Trinajstić information content (AvgIpc) is 2.82. The molecule has 1 saturated heterocycles. The van der Waals surface area contributed by atoms with Gasteiger partial charge in [0.15, 0.2) is 0 Å². The fourth-order valence-corrected chi connectivity index (χ4v) is 6.37. The number of ether oxygens (including phenoxy) is 1. The van der Waals surface area contributed by atoms with Crippen LogP contribution in [0.3, 0.4) is 0 Å². The van der Waals surface area contributed by atoms with Crippen molar-refractivity contribution in [2.45, 2.75) is 36.1 Å². The Balaban J connectivity index is 1.64. The first-order valence-corrected chi connectivity index (χ1v) is 13.8. The summed E-state index contributed by atoms with van der Waals surface area (Å²) < 4.78 is 58.4. The first kappa shape index (κ1) is 26.1. The molecule has 34 heavy (non-hydrogen) atoms. The number of aryl methyl sites for hydroxylation is 1. The number of amides is 1. The van der Waals surface area contributed by atoms with Crippen molar-refractivity contribution < 1.29 is 26.4 Å². The van der Waals surface area contributed by atoms with Gasteiger partial charge in [-0.1, -0.05) is 12.1 Å². The highest BCUT2D eigenvalue weighted by Crippen LogP contribution is 2.27. The Kier molecular flexibility index (Phi) is 8.02. The lowest BCUT2D eigenvalue weighted by Gasteiger charge is -2.31. The minimum atomic E-state index is -3.73. The van der Waals surface area contributed by atoms with Crippen LogP contribution in [0.25, 0.3) is 0 Å². The van der Waals surface area contributed by atoms with E-state index >= 15 is 0 Å². The van der Waals surface area contributed by atoms with Crippen molar-refractivity contribution in [2.75, 3.05) is 34.3 Å². The van der Waals surface area contributed by atoms with E-state index in [0.717, 1.165) is 15.4 Å². The standard InChI is InChI=1S/C23H31N3O6S2/c1-17-14-21(11-12-22(17)32-4)34(30,31)26-13-5-6-19(16-26)23(27)24-15-18-7-9-20(10-8-18)33(28,29)25(2)3/h7-12,14,19H,5-6,13,15-16H2,1-4H3,(H,24,27). The van der Waals surface area contributed by atoms with E-state index in [1.165, 1.54) is 43.7 Å². The van der Waals surface area contributed by atoms with Gasteiger partial charge in [-0.2, -0.15) is 4.31 Å². The Labute approximate surface area is 201 Å². The second-order valence-corrected chi connectivity index (χ2v) is 12.6. The number of nitrogens with zero attached hydrogens (tertiary/aromatic N) is 2. The zero-order chi connectivity index (χ0) is 25.1. The number of rotatable bonds is 8. The summed E-state index contributed by atoms with van der Waals surface area (Å²) in [7, 11) is -2.78. The average molecular weight is 510 g/mol. The summed E-state index contributed by atoms with van der Waals surface area (Å²) >= 11 is 0. The third kappa shape index (κ3) is 5.60. The molecule has 1 heterocycles. The van der Waals surface area contributed by atoms with Crippen LogP contribution in [0, 0.1) is 12.8 Å². The summed E-state index contributed by atoms with van der Waals surface area (Å²) in [6, 6.07) is 11.0. The van der Waals surface area contributed by atoms with Gasteiger partial charge in [-0.3, -0.25) is 4.79 Å². The number of methoxy groups -OCH3 is 1. The molecule has 1 amide bonds. The second kappa shape index (κ2) is 10.4. The predicted molar refractivity (Wildman–Crippen MR) is 128 cm³/mol. The van der Waals surface area contributed by atoms with E-state index in [-0.39, 0.29) is 28.8 Å². The molecule has 1 atom stereocenters. The third-order valence-corrected chi connectivity index (χ3v) is 9.62. The number of hydrogen-bond donors (Lipinski definition) is 1. The lowest BCUT2D eigenvalue weighted by molar-refractivity contribution is -0.126. The minimum Gasteiger partial charge on any atom is -0.496 e. The molecule has 0 spiro atoms. The number of piperidine rings is 1. The monoisotopic (exact) mass is 509 g/mol. The van der Waals surface area contributed by atoms with E-state index in [4.69, 9.17) is 4.74 Å². The first-order chi connectivity index (χ1) is 16.0. The van der Waals surface area contributed by atoms with Crippen LogP contribution >= 0.6 is 0 Å². The molecule has 0 aliphatic carbocycles. The van der Waals surface area contributed by atoms with E-state index in [9.17, 15) is 21.6 Å². The molecule has 0 radical (unpaired) electrons. The molecular formula is C23H31N3O6S2. The maximum absolute atomic E-state index is 13.1. The van der Waals surface area contributed by atoms with Gasteiger partial charge in [0.05, 0.1) is 22.8 Å². The summed E-state index contributed by atoms with van der Waals surface area (Å²) in [5, 5.41) is 2.85. The van der Waals surface area contributed by atoms with Crippen molar-refractivity contribution in [1.29, 1.82) is 0 Å². The van der Waals surface area contributed by atoms with Crippen LogP contribution in [0.5, 0.6) is 5.75 Å². The Morgan fingerprint density at radius 2 is 1.74 bits per heavy atom. The van der Waals surface area contributed by atoms with Crippen LogP contribution in [0.1, 0.15) is 24.0 Å². The molecule has 2 aromatic carbocycles. The lowest BCUT2D eigenvalue weighted by atomic mass is 9.99. The molecule has 9 nitrogen and oxygen atoms in total. The number of carbonyl (C=O) groups excluding carboxylic acids is 1. The van der Waals surface area contributed by atoms with E-state index < -0.39 is 26.0 Å². The largest absolute Gasteiger partial charge is 0.496 e. The fraction of sp³-hybridized carbons (Fsp3) is 0.435. The van der Waals surface area contributed by atoms with E-state index in [1.54, 1.807) is 31.2 Å². The van der Waals surface area contributed by atoms with Crippen LogP contribution in [-0.2, 0) is 31.4 Å². The maximum atomic E-state index is 13.1. The van der Waals surface area contributed by atoms with Gasteiger partial charge in [0.1, 0.15) is 5.75 Å². The quantitative estimate of drug-likeness (QED) is 0.582. The molecule has 0 saturated carbocycles. The van der Waals surface area contributed by atoms with Gasteiger partial charge in [-0.05, 0) is 61.2 Å². The highest BCUT2D eigenvalue weighted by Gasteiger charge is 2.33. The van der Waals surface area contributed by atoms with Gasteiger partial charge in [0, 0.05) is 33.7 Å². The fourth-order valence-electron chi connectivity index (χ4n) is 3.86. The number of hydrogen-bond acceptors (Lipinski definition) is 6.